The second kappa shape index (κ2) is 8.43. The predicted octanol–water partition coefficient (Wildman–Crippen LogP) is 1.99. The van der Waals surface area contributed by atoms with Crippen molar-refractivity contribution in [1.29, 1.82) is 0 Å². The number of nitrogens with one attached hydrogen (secondary N) is 2. The molecule has 0 aliphatic heterocycles. The van der Waals surface area contributed by atoms with Gasteiger partial charge in [-0.15, -0.1) is 0 Å². The molecule has 5 nitrogen and oxygen atoms in total. The summed E-state index contributed by atoms with van der Waals surface area (Å²) in [5.41, 5.74) is 0.456. The molecule has 0 heterocycles. The van der Waals surface area contributed by atoms with Gasteiger partial charge in [-0.3, -0.25) is 9.59 Å². The summed E-state index contributed by atoms with van der Waals surface area (Å²) >= 11 is 0. The first-order valence-electron chi connectivity index (χ1n) is 7.73. The third-order valence-electron chi connectivity index (χ3n) is 3.82. The maximum atomic E-state index is 12.7. The molecule has 3 N–H and O–H groups in total. The lowest BCUT2D eigenvalue weighted by atomic mass is 9.87. The van der Waals surface area contributed by atoms with Crippen LogP contribution in [0.15, 0.2) is 36.4 Å². The first-order chi connectivity index (χ1) is 11.0. The van der Waals surface area contributed by atoms with Crippen molar-refractivity contribution < 1.29 is 19.1 Å². The summed E-state index contributed by atoms with van der Waals surface area (Å²) in [6.45, 7) is 0.500. The number of halogens is 1. The van der Waals surface area contributed by atoms with Crippen molar-refractivity contribution in [2.24, 2.45) is 5.92 Å². The van der Waals surface area contributed by atoms with E-state index in [0.717, 1.165) is 31.4 Å². The highest BCUT2D eigenvalue weighted by Crippen LogP contribution is 2.23. The van der Waals surface area contributed by atoms with E-state index in [2.05, 4.69) is 10.6 Å². The molecule has 1 aliphatic carbocycles. The summed E-state index contributed by atoms with van der Waals surface area (Å²) in [4.78, 5) is 23.3. The fraction of sp³-hybridized carbons (Fsp3) is 0.412. The summed E-state index contributed by atoms with van der Waals surface area (Å²) < 4.78 is 12.7. The van der Waals surface area contributed by atoms with Gasteiger partial charge in [-0.05, 0) is 49.4 Å². The summed E-state index contributed by atoms with van der Waals surface area (Å²) in [5.74, 6) is -0.908. The van der Waals surface area contributed by atoms with Crippen LogP contribution in [0, 0.1) is 11.7 Å². The molecule has 0 spiro atoms. The number of carbonyl (C=O) groups is 2. The van der Waals surface area contributed by atoms with Crippen LogP contribution in [0.5, 0.6) is 0 Å². The largest absolute Gasteiger partial charge is 0.393 e. The third kappa shape index (κ3) is 6.20. The summed E-state index contributed by atoms with van der Waals surface area (Å²) in [5, 5.41) is 14.8. The van der Waals surface area contributed by atoms with Gasteiger partial charge in [0, 0.05) is 24.4 Å². The van der Waals surface area contributed by atoms with Crippen LogP contribution < -0.4 is 10.6 Å². The normalized spacial score (nSPS) is 21.1. The maximum Gasteiger partial charge on any atom is 0.248 e. The van der Waals surface area contributed by atoms with E-state index in [1.54, 1.807) is 0 Å². The molecule has 23 heavy (non-hydrogen) atoms. The molecule has 0 radical (unpaired) electrons. The van der Waals surface area contributed by atoms with Crippen molar-refractivity contribution in [2.75, 3.05) is 11.9 Å². The molecule has 1 fully saturated rings. The highest BCUT2D eigenvalue weighted by atomic mass is 19.1. The van der Waals surface area contributed by atoms with Crippen LogP contribution in [0.1, 0.15) is 25.7 Å². The number of amides is 2. The number of anilines is 1. The van der Waals surface area contributed by atoms with E-state index >= 15 is 0 Å². The highest BCUT2D eigenvalue weighted by molar-refractivity contribution is 6.03. The van der Waals surface area contributed by atoms with E-state index < -0.39 is 5.91 Å². The quantitative estimate of drug-likeness (QED) is 0.726. The first kappa shape index (κ1) is 17.1. The lowest BCUT2D eigenvalue weighted by Gasteiger charge is -2.25. The van der Waals surface area contributed by atoms with Crippen LogP contribution in [-0.4, -0.2) is 29.6 Å². The molecule has 0 bridgehead atoms. The molecule has 124 valence electrons. The number of rotatable bonds is 5. The minimum Gasteiger partial charge on any atom is -0.393 e. The van der Waals surface area contributed by atoms with Gasteiger partial charge in [0.15, 0.2) is 0 Å². The number of aliphatic hydroxyl groups excluding tert-OH is 1. The van der Waals surface area contributed by atoms with Gasteiger partial charge >= 0.3 is 0 Å². The lowest BCUT2D eigenvalue weighted by molar-refractivity contribution is -0.117. The molecule has 0 aromatic heterocycles. The van der Waals surface area contributed by atoms with Crippen LogP contribution >= 0.6 is 0 Å². The van der Waals surface area contributed by atoms with Crippen LogP contribution in [0.3, 0.4) is 0 Å². The van der Waals surface area contributed by atoms with Crippen LogP contribution in [0.2, 0.25) is 0 Å². The van der Waals surface area contributed by atoms with E-state index in [9.17, 15) is 19.1 Å². The summed E-state index contributed by atoms with van der Waals surface area (Å²) in [7, 11) is 0. The SMILES string of the molecule is O=C(/C=C/C(=O)Nc1ccc(F)cc1)NCC1CCCC(O)C1. The Morgan fingerprint density at radius 1 is 1.17 bits per heavy atom. The fourth-order valence-electron chi connectivity index (χ4n) is 2.62. The molecular weight excluding hydrogens is 299 g/mol. The average molecular weight is 320 g/mol. The number of carbonyl (C=O) groups excluding carboxylic acids is 2. The zero-order chi connectivity index (χ0) is 16.7. The van der Waals surface area contributed by atoms with Crippen LogP contribution in [-0.2, 0) is 9.59 Å². The van der Waals surface area contributed by atoms with Gasteiger partial charge in [0.25, 0.3) is 0 Å². The smallest absolute Gasteiger partial charge is 0.248 e. The van der Waals surface area contributed by atoms with E-state index in [4.69, 9.17) is 0 Å². The molecule has 1 aliphatic rings. The molecule has 2 rings (SSSR count). The Morgan fingerprint density at radius 2 is 1.87 bits per heavy atom. The molecule has 1 aromatic rings. The van der Waals surface area contributed by atoms with Gasteiger partial charge in [0.1, 0.15) is 5.82 Å². The topological polar surface area (TPSA) is 78.4 Å². The average Bonchev–Trinajstić information content (AvgIpc) is 2.53. The highest BCUT2D eigenvalue weighted by Gasteiger charge is 2.20. The van der Waals surface area contributed by atoms with Crippen molar-refractivity contribution in [3.8, 4) is 0 Å². The molecular formula is C17H21FN2O3. The Bertz CT molecular complexity index is 572. The van der Waals surface area contributed by atoms with Crippen molar-refractivity contribution in [2.45, 2.75) is 31.8 Å². The first-order valence-corrected chi connectivity index (χ1v) is 7.73. The minimum absolute atomic E-state index is 0.275. The number of hydrogen-bond acceptors (Lipinski definition) is 3. The Balaban J connectivity index is 1.72. The number of hydrogen-bond donors (Lipinski definition) is 3. The van der Waals surface area contributed by atoms with Crippen molar-refractivity contribution in [3.63, 3.8) is 0 Å². The van der Waals surface area contributed by atoms with Crippen molar-refractivity contribution in [1.82, 2.24) is 5.32 Å². The van der Waals surface area contributed by atoms with Gasteiger partial charge in [0.2, 0.25) is 11.8 Å². The second-order valence-corrected chi connectivity index (χ2v) is 5.76. The third-order valence-corrected chi connectivity index (χ3v) is 3.82. The molecule has 0 saturated heterocycles. The van der Waals surface area contributed by atoms with Gasteiger partial charge < -0.3 is 15.7 Å². The van der Waals surface area contributed by atoms with Gasteiger partial charge in [-0.2, -0.15) is 0 Å². The van der Waals surface area contributed by atoms with Crippen molar-refractivity contribution in [3.05, 3.63) is 42.2 Å². The number of benzene rings is 1. The Labute approximate surface area is 134 Å². The van der Waals surface area contributed by atoms with Gasteiger partial charge in [0.05, 0.1) is 6.10 Å². The molecule has 6 heteroatoms. The summed E-state index contributed by atoms with van der Waals surface area (Å²) in [6.07, 6.45) is 5.52. The van der Waals surface area contributed by atoms with Crippen LogP contribution in [0.25, 0.3) is 0 Å². The van der Waals surface area contributed by atoms with E-state index in [1.165, 1.54) is 24.3 Å². The second-order valence-electron chi connectivity index (χ2n) is 5.76. The Morgan fingerprint density at radius 3 is 2.57 bits per heavy atom. The Kier molecular flexibility index (Phi) is 6.29. The lowest BCUT2D eigenvalue weighted by Crippen LogP contribution is -2.32. The molecule has 1 aromatic carbocycles. The van der Waals surface area contributed by atoms with E-state index in [1.807, 2.05) is 0 Å². The monoisotopic (exact) mass is 320 g/mol. The summed E-state index contributed by atoms with van der Waals surface area (Å²) in [6, 6.07) is 5.36. The Hall–Kier alpha value is -2.21. The molecule has 2 amide bonds. The van der Waals surface area contributed by atoms with E-state index in [0.29, 0.717) is 18.7 Å². The zero-order valence-electron chi connectivity index (χ0n) is 12.8. The maximum absolute atomic E-state index is 12.7. The number of aliphatic hydroxyl groups is 1. The molecule has 2 atom stereocenters. The standard InChI is InChI=1S/C17H21FN2O3/c18-13-4-6-14(7-5-13)20-17(23)9-8-16(22)19-11-12-2-1-3-15(21)10-12/h4-9,12,15,21H,1-3,10-11H2,(H,19,22)(H,20,23)/b9-8+. The predicted molar refractivity (Wildman–Crippen MR) is 85.1 cm³/mol. The fourth-order valence-corrected chi connectivity index (χ4v) is 2.62. The van der Waals surface area contributed by atoms with Crippen molar-refractivity contribution >= 4 is 17.5 Å². The van der Waals surface area contributed by atoms with Crippen LogP contribution in [0.4, 0.5) is 10.1 Å². The van der Waals surface area contributed by atoms with E-state index in [-0.39, 0.29) is 23.7 Å². The molecule has 2 unspecified atom stereocenters. The van der Waals surface area contributed by atoms with Gasteiger partial charge in [-0.1, -0.05) is 6.42 Å². The minimum atomic E-state index is -0.458. The van der Waals surface area contributed by atoms with Gasteiger partial charge in [-0.25, -0.2) is 4.39 Å². The zero-order valence-corrected chi connectivity index (χ0v) is 12.8. The molecule has 1 saturated carbocycles.